The smallest absolute Gasteiger partial charge is 0.227 e. The van der Waals surface area contributed by atoms with Crippen LogP contribution in [-0.2, 0) is 26.4 Å². The van der Waals surface area contributed by atoms with Gasteiger partial charge in [-0.3, -0.25) is 4.68 Å². The maximum absolute atomic E-state index is 8.96. The second-order valence-electron chi connectivity index (χ2n) is 6.36. The number of anilines is 2. The number of aromatic nitrogens is 4. The van der Waals surface area contributed by atoms with Crippen molar-refractivity contribution in [3.63, 3.8) is 0 Å². The van der Waals surface area contributed by atoms with E-state index in [0.717, 1.165) is 41.2 Å². The van der Waals surface area contributed by atoms with Crippen LogP contribution in [0.25, 0.3) is 11.4 Å². The van der Waals surface area contributed by atoms with Crippen molar-refractivity contribution in [1.29, 1.82) is 0 Å². The fourth-order valence-corrected chi connectivity index (χ4v) is 3.38. The SMILES string of the molecule is Cn1nc(CNCCO)c2c1-c1nc(Nc3ccccc3)ncc1CC2. The summed E-state index contributed by atoms with van der Waals surface area (Å²) in [5.74, 6) is 0.587. The average Bonchev–Trinajstić information content (AvgIpc) is 2.99. The Morgan fingerprint density at radius 3 is 2.85 bits per heavy atom. The van der Waals surface area contributed by atoms with E-state index in [4.69, 9.17) is 10.1 Å². The van der Waals surface area contributed by atoms with Crippen molar-refractivity contribution in [3.8, 4) is 11.4 Å². The Morgan fingerprint density at radius 2 is 2.04 bits per heavy atom. The van der Waals surface area contributed by atoms with E-state index < -0.39 is 0 Å². The molecule has 134 valence electrons. The van der Waals surface area contributed by atoms with Gasteiger partial charge in [-0.25, -0.2) is 9.97 Å². The van der Waals surface area contributed by atoms with E-state index in [1.807, 2.05) is 48.3 Å². The van der Waals surface area contributed by atoms with Crippen LogP contribution < -0.4 is 10.6 Å². The summed E-state index contributed by atoms with van der Waals surface area (Å²) in [6, 6.07) is 9.91. The van der Waals surface area contributed by atoms with E-state index in [1.54, 1.807) is 0 Å². The van der Waals surface area contributed by atoms with Crippen LogP contribution in [0.15, 0.2) is 36.5 Å². The number of para-hydroxylation sites is 1. The first-order valence-electron chi connectivity index (χ1n) is 8.81. The number of hydrogen-bond donors (Lipinski definition) is 3. The van der Waals surface area contributed by atoms with Crippen LogP contribution in [0.5, 0.6) is 0 Å². The highest BCUT2D eigenvalue weighted by Crippen LogP contribution is 2.34. The van der Waals surface area contributed by atoms with Gasteiger partial charge in [0.1, 0.15) is 0 Å². The molecular weight excluding hydrogens is 328 g/mol. The van der Waals surface area contributed by atoms with Crippen LogP contribution in [0.2, 0.25) is 0 Å². The molecule has 1 aliphatic rings. The lowest BCUT2D eigenvalue weighted by Gasteiger charge is -2.17. The number of fused-ring (bicyclic) bond motifs is 3. The minimum absolute atomic E-state index is 0.125. The van der Waals surface area contributed by atoms with E-state index >= 15 is 0 Å². The molecule has 2 aromatic heterocycles. The topological polar surface area (TPSA) is 87.9 Å². The van der Waals surface area contributed by atoms with Gasteiger partial charge in [0.25, 0.3) is 0 Å². The van der Waals surface area contributed by atoms with Crippen molar-refractivity contribution in [2.45, 2.75) is 19.4 Å². The van der Waals surface area contributed by atoms with Crippen molar-refractivity contribution in [3.05, 3.63) is 53.3 Å². The highest BCUT2D eigenvalue weighted by molar-refractivity contribution is 5.68. The minimum atomic E-state index is 0.125. The molecule has 0 amide bonds. The maximum atomic E-state index is 8.96. The number of nitrogens with one attached hydrogen (secondary N) is 2. The number of aryl methyl sites for hydroxylation is 2. The lowest BCUT2D eigenvalue weighted by Crippen LogP contribution is -2.19. The first kappa shape index (κ1) is 16.7. The number of nitrogens with zero attached hydrogens (tertiary/aromatic N) is 4. The summed E-state index contributed by atoms with van der Waals surface area (Å²) in [6.45, 7) is 1.34. The van der Waals surface area contributed by atoms with Gasteiger partial charge in [0.2, 0.25) is 5.95 Å². The van der Waals surface area contributed by atoms with Crippen molar-refractivity contribution >= 4 is 11.6 Å². The lowest BCUT2D eigenvalue weighted by atomic mass is 9.93. The molecule has 0 atom stereocenters. The van der Waals surface area contributed by atoms with Crippen molar-refractivity contribution in [2.75, 3.05) is 18.5 Å². The third-order valence-corrected chi connectivity index (χ3v) is 4.57. The molecule has 3 aromatic rings. The van der Waals surface area contributed by atoms with Gasteiger partial charge in [-0.15, -0.1) is 0 Å². The van der Waals surface area contributed by atoms with Gasteiger partial charge in [-0.1, -0.05) is 18.2 Å². The molecule has 2 heterocycles. The predicted molar refractivity (Wildman–Crippen MR) is 100 cm³/mol. The number of aliphatic hydroxyl groups excluding tert-OH is 1. The number of benzene rings is 1. The zero-order valence-electron chi connectivity index (χ0n) is 14.7. The molecule has 7 nitrogen and oxygen atoms in total. The summed E-state index contributed by atoms with van der Waals surface area (Å²) in [4.78, 5) is 9.24. The van der Waals surface area contributed by atoms with Crippen LogP contribution in [0.1, 0.15) is 16.8 Å². The summed E-state index contributed by atoms with van der Waals surface area (Å²) >= 11 is 0. The monoisotopic (exact) mass is 350 g/mol. The van der Waals surface area contributed by atoms with Crippen molar-refractivity contribution in [2.24, 2.45) is 7.05 Å². The summed E-state index contributed by atoms with van der Waals surface area (Å²) in [6.07, 6.45) is 3.75. The van der Waals surface area contributed by atoms with E-state index in [2.05, 4.69) is 20.7 Å². The fraction of sp³-hybridized carbons (Fsp3) is 0.316. The quantitative estimate of drug-likeness (QED) is 0.588. The van der Waals surface area contributed by atoms with Gasteiger partial charge in [-0.05, 0) is 30.5 Å². The van der Waals surface area contributed by atoms with Crippen LogP contribution in [0.4, 0.5) is 11.6 Å². The molecule has 7 heteroatoms. The van der Waals surface area contributed by atoms with Crippen LogP contribution in [-0.4, -0.2) is 38.0 Å². The van der Waals surface area contributed by atoms with Crippen LogP contribution >= 0.6 is 0 Å². The Balaban J connectivity index is 1.66. The molecule has 0 fully saturated rings. The largest absolute Gasteiger partial charge is 0.395 e. The Hall–Kier alpha value is -2.77. The Bertz CT molecular complexity index is 906. The lowest BCUT2D eigenvalue weighted by molar-refractivity contribution is 0.291. The van der Waals surface area contributed by atoms with Gasteiger partial charge in [0.05, 0.1) is 23.7 Å². The molecule has 1 aromatic carbocycles. The molecule has 26 heavy (non-hydrogen) atoms. The zero-order valence-corrected chi connectivity index (χ0v) is 14.7. The molecule has 1 aliphatic carbocycles. The first-order chi connectivity index (χ1) is 12.8. The van der Waals surface area contributed by atoms with E-state index in [9.17, 15) is 0 Å². The molecule has 0 unspecified atom stereocenters. The molecule has 0 spiro atoms. The van der Waals surface area contributed by atoms with E-state index in [1.165, 1.54) is 5.56 Å². The summed E-state index contributed by atoms with van der Waals surface area (Å²) in [5, 5.41) is 20.1. The highest BCUT2D eigenvalue weighted by Gasteiger charge is 2.25. The average molecular weight is 350 g/mol. The predicted octanol–water partition coefficient (Wildman–Crippen LogP) is 1.80. The molecule has 0 bridgehead atoms. The van der Waals surface area contributed by atoms with E-state index in [0.29, 0.717) is 19.0 Å². The van der Waals surface area contributed by atoms with Gasteiger partial charge in [0.15, 0.2) is 0 Å². The molecule has 3 N–H and O–H groups in total. The zero-order chi connectivity index (χ0) is 17.9. The molecule has 0 radical (unpaired) electrons. The molecule has 0 aliphatic heterocycles. The Kier molecular flexibility index (Phi) is 4.64. The first-order valence-corrected chi connectivity index (χ1v) is 8.81. The van der Waals surface area contributed by atoms with Crippen molar-refractivity contribution < 1.29 is 5.11 Å². The Labute approximate surface area is 152 Å². The number of aliphatic hydroxyl groups is 1. The fourth-order valence-electron chi connectivity index (χ4n) is 3.38. The van der Waals surface area contributed by atoms with Gasteiger partial charge in [0, 0.05) is 37.6 Å². The Morgan fingerprint density at radius 1 is 1.19 bits per heavy atom. The molecule has 0 saturated carbocycles. The minimum Gasteiger partial charge on any atom is -0.395 e. The van der Waals surface area contributed by atoms with Crippen molar-refractivity contribution in [1.82, 2.24) is 25.1 Å². The van der Waals surface area contributed by atoms with Gasteiger partial charge in [-0.2, -0.15) is 5.10 Å². The summed E-state index contributed by atoms with van der Waals surface area (Å²) < 4.78 is 1.91. The maximum Gasteiger partial charge on any atom is 0.227 e. The number of rotatable bonds is 6. The summed E-state index contributed by atoms with van der Waals surface area (Å²) in [5.41, 5.74) is 6.37. The van der Waals surface area contributed by atoms with Crippen LogP contribution in [0, 0.1) is 0 Å². The second kappa shape index (κ2) is 7.23. The highest BCUT2D eigenvalue weighted by atomic mass is 16.3. The third-order valence-electron chi connectivity index (χ3n) is 4.57. The number of hydrogen-bond acceptors (Lipinski definition) is 6. The normalized spacial score (nSPS) is 12.5. The molecule has 0 saturated heterocycles. The standard InChI is InChI=1S/C19H22N6O/c1-25-18-15(16(24-25)12-20-9-10-26)8-7-13-11-21-19(23-17(13)18)22-14-5-3-2-4-6-14/h2-6,11,20,26H,7-10,12H2,1H3,(H,21,22,23). The van der Waals surface area contributed by atoms with Crippen LogP contribution in [0.3, 0.4) is 0 Å². The molecular formula is C19H22N6O. The second-order valence-corrected chi connectivity index (χ2v) is 6.36. The third kappa shape index (κ3) is 3.18. The summed E-state index contributed by atoms with van der Waals surface area (Å²) in [7, 11) is 1.95. The molecule has 4 rings (SSSR count). The van der Waals surface area contributed by atoms with E-state index in [-0.39, 0.29) is 6.61 Å². The van der Waals surface area contributed by atoms with Gasteiger partial charge >= 0.3 is 0 Å². The van der Waals surface area contributed by atoms with Gasteiger partial charge < -0.3 is 15.7 Å².